The van der Waals surface area contributed by atoms with Gasteiger partial charge in [-0.2, -0.15) is 0 Å². The van der Waals surface area contributed by atoms with Gasteiger partial charge < -0.3 is 14.5 Å². The zero-order chi connectivity index (χ0) is 41.3. The lowest BCUT2D eigenvalue weighted by atomic mass is 9.85. The van der Waals surface area contributed by atoms with Gasteiger partial charge in [-0.05, 0) is 104 Å². The van der Waals surface area contributed by atoms with Crippen molar-refractivity contribution in [2.75, 3.05) is 14.2 Å². The van der Waals surface area contributed by atoms with Gasteiger partial charge in [-0.25, -0.2) is 4.99 Å². The van der Waals surface area contributed by atoms with Gasteiger partial charge in [-0.1, -0.05) is 157 Å². The molecule has 294 valence electrons. The molecule has 6 aromatic carbocycles. The Balaban J connectivity index is 1.41. The number of methoxy groups -OCH3 is 2. The predicted molar refractivity (Wildman–Crippen MR) is 247 cm³/mol. The first-order valence-electron chi connectivity index (χ1n) is 20.3. The highest BCUT2D eigenvalue weighted by Crippen LogP contribution is 2.44. The maximum atomic E-state index is 5.59. The molecule has 4 heteroatoms. The van der Waals surface area contributed by atoms with E-state index >= 15 is 0 Å². The molecule has 0 unspecified atom stereocenters. The van der Waals surface area contributed by atoms with Crippen LogP contribution in [0.25, 0.3) is 44.7 Å². The smallest absolute Gasteiger partial charge is 0.118 e. The summed E-state index contributed by atoms with van der Waals surface area (Å²) in [5.74, 6) is 1.61. The standard InChI is InChI=1S/C55H52N2O2/c1-54(2,3)43-26-18-38(19-27-43)47-34-49(40-20-28-44(29-21-40)55(4,5)6)56-52(47)51(42-16-14-37(15-17-42)36-12-10-9-11-13-36)53-48(39-22-30-45(58-7)31-23-39)35-50(57-53)41-24-32-46(59-8)33-25-41/h9-35,56H,1-8H3/b53-51-. The first-order chi connectivity index (χ1) is 28.4. The molecule has 2 heterocycles. The molecule has 4 nitrogen and oxygen atoms in total. The first kappa shape index (κ1) is 39.2. The van der Waals surface area contributed by atoms with Crippen LogP contribution in [-0.2, 0) is 10.8 Å². The highest BCUT2D eigenvalue weighted by molar-refractivity contribution is 6.20. The number of ether oxygens (including phenoxy) is 2. The summed E-state index contributed by atoms with van der Waals surface area (Å²) in [6.45, 7) is 13.5. The highest BCUT2D eigenvalue weighted by Gasteiger charge is 2.27. The van der Waals surface area contributed by atoms with Crippen LogP contribution in [0, 0.1) is 0 Å². The van der Waals surface area contributed by atoms with Crippen LogP contribution >= 0.6 is 0 Å². The lowest BCUT2D eigenvalue weighted by Crippen LogP contribution is -2.10. The summed E-state index contributed by atoms with van der Waals surface area (Å²) in [5.41, 5.74) is 17.3. The van der Waals surface area contributed by atoms with E-state index in [1.165, 1.54) is 16.7 Å². The van der Waals surface area contributed by atoms with Crippen LogP contribution in [0.3, 0.4) is 0 Å². The molecule has 7 aromatic rings. The molecule has 0 bridgehead atoms. The number of aromatic nitrogens is 1. The Labute approximate surface area is 349 Å². The third kappa shape index (κ3) is 8.22. The van der Waals surface area contributed by atoms with Crippen LogP contribution in [0.4, 0.5) is 0 Å². The van der Waals surface area contributed by atoms with Crippen molar-refractivity contribution in [1.29, 1.82) is 0 Å². The molecule has 1 aromatic heterocycles. The molecule has 0 aliphatic carbocycles. The topological polar surface area (TPSA) is 46.6 Å². The zero-order valence-corrected chi connectivity index (χ0v) is 35.4. The summed E-state index contributed by atoms with van der Waals surface area (Å²) in [6, 6.07) is 56.2. The number of hydrogen-bond acceptors (Lipinski definition) is 3. The average Bonchev–Trinajstić information content (AvgIpc) is 3.90. The molecule has 0 saturated heterocycles. The summed E-state index contributed by atoms with van der Waals surface area (Å²) in [7, 11) is 3.39. The molecule has 0 spiro atoms. The fraction of sp³-hybridized carbons (Fsp3) is 0.182. The van der Waals surface area contributed by atoms with Gasteiger partial charge in [0.15, 0.2) is 0 Å². The Hall–Kier alpha value is -6.65. The monoisotopic (exact) mass is 772 g/mol. The molecule has 8 rings (SSSR count). The largest absolute Gasteiger partial charge is 0.497 e. The number of H-pyrrole nitrogens is 1. The van der Waals surface area contributed by atoms with Gasteiger partial charge in [0, 0.05) is 28.0 Å². The van der Waals surface area contributed by atoms with Crippen molar-refractivity contribution in [2.24, 2.45) is 4.99 Å². The van der Waals surface area contributed by atoms with E-state index in [0.29, 0.717) is 0 Å². The van der Waals surface area contributed by atoms with Crippen LogP contribution in [-0.4, -0.2) is 24.9 Å². The molecular weight excluding hydrogens is 721 g/mol. The number of nitrogens with zero attached hydrogens (tertiary/aromatic N) is 1. The Kier molecular flexibility index (Phi) is 10.6. The number of benzene rings is 6. The summed E-state index contributed by atoms with van der Waals surface area (Å²) < 4.78 is 11.1. The van der Waals surface area contributed by atoms with Crippen molar-refractivity contribution < 1.29 is 9.47 Å². The molecule has 1 aliphatic heterocycles. The minimum Gasteiger partial charge on any atom is -0.497 e. The van der Waals surface area contributed by atoms with E-state index in [9.17, 15) is 0 Å². The third-order valence-corrected chi connectivity index (χ3v) is 11.3. The normalized spacial score (nSPS) is 13.8. The summed E-state index contributed by atoms with van der Waals surface area (Å²) in [5, 5.41) is 0. The van der Waals surface area contributed by atoms with E-state index in [2.05, 4.69) is 186 Å². The maximum Gasteiger partial charge on any atom is 0.118 e. The van der Waals surface area contributed by atoms with Gasteiger partial charge in [0.1, 0.15) is 11.5 Å². The second-order valence-corrected chi connectivity index (χ2v) is 17.3. The number of hydrogen-bond donors (Lipinski definition) is 1. The van der Waals surface area contributed by atoms with Crippen LogP contribution in [0.1, 0.15) is 75.1 Å². The number of rotatable bonds is 9. The van der Waals surface area contributed by atoms with Crippen LogP contribution in [0.5, 0.6) is 11.5 Å². The van der Waals surface area contributed by atoms with E-state index in [1.54, 1.807) is 14.2 Å². The van der Waals surface area contributed by atoms with E-state index in [4.69, 9.17) is 14.5 Å². The third-order valence-electron chi connectivity index (χ3n) is 11.3. The quantitative estimate of drug-likeness (QED) is 0.159. The minimum absolute atomic E-state index is 0.0293. The minimum atomic E-state index is 0.0293. The molecule has 1 N–H and O–H groups in total. The zero-order valence-electron chi connectivity index (χ0n) is 35.4. The lowest BCUT2D eigenvalue weighted by molar-refractivity contribution is 0.414. The number of aromatic amines is 1. The van der Waals surface area contributed by atoms with Gasteiger partial charge in [-0.15, -0.1) is 0 Å². The molecule has 59 heavy (non-hydrogen) atoms. The molecule has 0 saturated carbocycles. The van der Waals surface area contributed by atoms with Gasteiger partial charge in [-0.3, -0.25) is 0 Å². The summed E-state index contributed by atoms with van der Waals surface area (Å²) >= 11 is 0. The van der Waals surface area contributed by atoms with E-state index in [1.807, 2.05) is 24.3 Å². The SMILES string of the molecule is COc1ccc(C2=CC(c3ccc(OC)cc3)=N/C2=C(/c2ccc(-c3ccccc3)cc2)c2[nH]c(-c3ccc(C(C)(C)C)cc3)cc2-c2ccc(C(C)(C)C)cc2)cc1. The Morgan fingerprint density at radius 1 is 0.492 bits per heavy atom. The lowest BCUT2D eigenvalue weighted by Gasteiger charge is -2.19. The molecule has 0 atom stereocenters. The fourth-order valence-electron chi connectivity index (χ4n) is 7.70. The molecule has 0 radical (unpaired) electrons. The van der Waals surface area contributed by atoms with Crippen molar-refractivity contribution in [2.45, 2.75) is 52.4 Å². The van der Waals surface area contributed by atoms with Gasteiger partial charge in [0.25, 0.3) is 0 Å². The number of allylic oxidation sites excluding steroid dienone is 2. The maximum absolute atomic E-state index is 5.59. The highest BCUT2D eigenvalue weighted by atomic mass is 16.5. The van der Waals surface area contributed by atoms with Crippen LogP contribution in [0.15, 0.2) is 174 Å². The molecular formula is C55H52N2O2. The van der Waals surface area contributed by atoms with Gasteiger partial charge >= 0.3 is 0 Å². The van der Waals surface area contributed by atoms with Crippen molar-refractivity contribution in [1.82, 2.24) is 4.98 Å². The predicted octanol–water partition coefficient (Wildman–Crippen LogP) is 14.0. The first-order valence-corrected chi connectivity index (χ1v) is 20.3. The summed E-state index contributed by atoms with van der Waals surface area (Å²) in [6.07, 6.45) is 2.21. The molecule has 1 aliphatic rings. The van der Waals surface area contributed by atoms with Crippen LogP contribution in [0.2, 0.25) is 0 Å². The Morgan fingerprint density at radius 2 is 0.966 bits per heavy atom. The number of nitrogens with one attached hydrogen (secondary N) is 1. The summed E-state index contributed by atoms with van der Waals surface area (Å²) in [4.78, 5) is 9.55. The second-order valence-electron chi connectivity index (χ2n) is 17.3. The molecule has 0 fully saturated rings. The Morgan fingerprint density at radius 3 is 1.49 bits per heavy atom. The van der Waals surface area contributed by atoms with Crippen molar-refractivity contribution in [3.8, 4) is 45.0 Å². The van der Waals surface area contributed by atoms with Crippen molar-refractivity contribution in [3.63, 3.8) is 0 Å². The van der Waals surface area contributed by atoms with E-state index in [0.717, 1.165) is 84.4 Å². The van der Waals surface area contributed by atoms with Crippen molar-refractivity contribution in [3.05, 3.63) is 203 Å². The van der Waals surface area contributed by atoms with Crippen molar-refractivity contribution >= 4 is 16.9 Å². The molecule has 0 amide bonds. The average molecular weight is 773 g/mol. The van der Waals surface area contributed by atoms with E-state index < -0.39 is 0 Å². The van der Waals surface area contributed by atoms with E-state index in [-0.39, 0.29) is 10.8 Å². The van der Waals surface area contributed by atoms with Gasteiger partial charge in [0.2, 0.25) is 0 Å². The fourth-order valence-corrected chi connectivity index (χ4v) is 7.70. The number of aliphatic imine (C=N–C) groups is 1. The van der Waals surface area contributed by atoms with Crippen LogP contribution < -0.4 is 9.47 Å². The Bertz CT molecular complexity index is 2660. The second kappa shape index (κ2) is 15.9. The van der Waals surface area contributed by atoms with Gasteiger partial charge in [0.05, 0.1) is 31.3 Å².